The van der Waals surface area contributed by atoms with Crippen molar-refractivity contribution in [2.45, 2.75) is 25.3 Å². The first kappa shape index (κ1) is 20.6. The summed E-state index contributed by atoms with van der Waals surface area (Å²) in [6.45, 7) is 2.53. The van der Waals surface area contributed by atoms with Gasteiger partial charge in [-0.25, -0.2) is 0 Å². The molecule has 2 N–H and O–H groups in total. The zero-order chi connectivity index (χ0) is 20.1. The maximum Gasteiger partial charge on any atom is 0.239 e. The number of likely N-dealkylation sites (tertiary alicyclic amines) is 1. The van der Waals surface area contributed by atoms with Gasteiger partial charge in [0.15, 0.2) is 0 Å². The Labute approximate surface area is 170 Å². The van der Waals surface area contributed by atoms with E-state index in [2.05, 4.69) is 15.5 Å². The second kappa shape index (κ2) is 9.39. The number of nitrogens with one attached hydrogen (secondary N) is 2. The Morgan fingerprint density at radius 3 is 2.79 bits per heavy atom. The summed E-state index contributed by atoms with van der Waals surface area (Å²) >= 11 is 6.14. The minimum absolute atomic E-state index is 0.0116. The highest BCUT2D eigenvalue weighted by atomic mass is 35.5. The van der Waals surface area contributed by atoms with Gasteiger partial charge in [-0.15, -0.1) is 0 Å². The molecule has 2 saturated heterocycles. The van der Waals surface area contributed by atoms with Gasteiger partial charge >= 0.3 is 0 Å². The first-order valence-corrected chi connectivity index (χ1v) is 10.1. The van der Waals surface area contributed by atoms with Crippen LogP contribution in [0.1, 0.15) is 18.4 Å². The number of halogens is 1. The molecule has 3 rings (SSSR count). The van der Waals surface area contributed by atoms with Crippen LogP contribution in [0.3, 0.4) is 0 Å². The summed E-state index contributed by atoms with van der Waals surface area (Å²) in [5.74, 6) is -0.290. The second-order valence-corrected chi connectivity index (χ2v) is 8.05. The van der Waals surface area contributed by atoms with Gasteiger partial charge < -0.3 is 20.4 Å². The molecule has 0 radical (unpaired) electrons. The highest BCUT2D eigenvalue weighted by molar-refractivity contribution is 6.31. The summed E-state index contributed by atoms with van der Waals surface area (Å²) < 4.78 is 0. The van der Waals surface area contributed by atoms with E-state index in [0.717, 1.165) is 12.0 Å². The smallest absolute Gasteiger partial charge is 0.239 e. The molecule has 0 saturated carbocycles. The van der Waals surface area contributed by atoms with Gasteiger partial charge in [0.05, 0.1) is 18.9 Å². The Kier molecular flexibility index (Phi) is 6.91. The molecule has 28 heavy (non-hydrogen) atoms. The molecule has 1 aromatic carbocycles. The highest BCUT2D eigenvalue weighted by Crippen LogP contribution is 2.20. The normalized spacial score (nSPS) is 23.6. The van der Waals surface area contributed by atoms with E-state index >= 15 is 0 Å². The van der Waals surface area contributed by atoms with E-state index in [1.807, 2.05) is 25.2 Å². The predicted molar refractivity (Wildman–Crippen MR) is 107 cm³/mol. The van der Waals surface area contributed by atoms with Crippen LogP contribution in [-0.4, -0.2) is 73.3 Å². The monoisotopic (exact) mass is 406 g/mol. The van der Waals surface area contributed by atoms with Gasteiger partial charge in [0.25, 0.3) is 0 Å². The third-order valence-corrected chi connectivity index (χ3v) is 5.67. The quantitative estimate of drug-likeness (QED) is 0.770. The molecule has 0 bridgehead atoms. The van der Waals surface area contributed by atoms with Crippen LogP contribution in [0.2, 0.25) is 5.02 Å². The van der Waals surface area contributed by atoms with Crippen molar-refractivity contribution in [3.05, 3.63) is 34.9 Å². The molecule has 2 aliphatic rings. The van der Waals surface area contributed by atoms with Crippen LogP contribution in [0.25, 0.3) is 0 Å². The van der Waals surface area contributed by atoms with Crippen molar-refractivity contribution in [2.75, 3.05) is 39.8 Å². The predicted octanol–water partition coefficient (Wildman–Crippen LogP) is 0.668. The topological polar surface area (TPSA) is 81.8 Å². The zero-order valence-electron chi connectivity index (χ0n) is 16.1. The van der Waals surface area contributed by atoms with Crippen molar-refractivity contribution < 1.29 is 14.4 Å². The molecule has 1 aromatic rings. The Hall–Kier alpha value is -2.12. The SMILES string of the molecule is CN1C[C@@H](NC(=O)Cc2ccccc2Cl)CC[C@@H](C(=O)N2CCNC(=O)C2)C1. The summed E-state index contributed by atoms with van der Waals surface area (Å²) in [5, 5.41) is 6.42. The van der Waals surface area contributed by atoms with Crippen LogP contribution < -0.4 is 10.6 Å². The van der Waals surface area contributed by atoms with Gasteiger partial charge in [-0.05, 0) is 31.5 Å². The van der Waals surface area contributed by atoms with Crippen LogP contribution in [0.4, 0.5) is 0 Å². The molecule has 0 unspecified atom stereocenters. The van der Waals surface area contributed by atoms with Crippen LogP contribution in [-0.2, 0) is 20.8 Å². The molecule has 7 nitrogen and oxygen atoms in total. The zero-order valence-corrected chi connectivity index (χ0v) is 16.9. The molecule has 2 aliphatic heterocycles. The number of likely N-dealkylation sites (N-methyl/N-ethyl adjacent to an activating group) is 1. The van der Waals surface area contributed by atoms with Crippen molar-refractivity contribution >= 4 is 29.3 Å². The standard InChI is InChI=1S/C20H27ClN4O3/c1-24-11-15(20(28)25-9-8-22-19(27)13-25)6-7-16(12-24)23-18(26)10-14-4-2-3-5-17(14)21/h2-5,15-16H,6-13H2,1H3,(H,22,27)(H,23,26)/t15-,16+/m1/s1. The Bertz CT molecular complexity index is 742. The number of carbonyl (C=O) groups excluding carboxylic acids is 3. The Morgan fingerprint density at radius 1 is 1.25 bits per heavy atom. The summed E-state index contributed by atoms with van der Waals surface area (Å²) in [4.78, 5) is 40.6. The van der Waals surface area contributed by atoms with Gasteiger partial charge in [0.2, 0.25) is 17.7 Å². The summed E-state index contributed by atoms with van der Waals surface area (Å²) in [6.07, 6.45) is 1.67. The largest absolute Gasteiger partial charge is 0.353 e. The van der Waals surface area contributed by atoms with E-state index in [9.17, 15) is 14.4 Å². The fourth-order valence-electron chi connectivity index (χ4n) is 3.91. The van der Waals surface area contributed by atoms with Crippen molar-refractivity contribution in [3.63, 3.8) is 0 Å². The molecule has 8 heteroatoms. The first-order chi connectivity index (χ1) is 13.4. The number of hydrogen-bond acceptors (Lipinski definition) is 4. The van der Waals surface area contributed by atoms with E-state index in [4.69, 9.17) is 11.6 Å². The van der Waals surface area contributed by atoms with Crippen LogP contribution in [0, 0.1) is 5.92 Å². The molecule has 3 amide bonds. The molecular weight excluding hydrogens is 380 g/mol. The van der Waals surface area contributed by atoms with Crippen molar-refractivity contribution in [1.82, 2.24) is 20.4 Å². The lowest BCUT2D eigenvalue weighted by Gasteiger charge is -2.30. The average Bonchev–Trinajstić information content (AvgIpc) is 2.84. The Balaban J connectivity index is 1.54. The number of piperazine rings is 1. The third-order valence-electron chi connectivity index (χ3n) is 5.30. The number of benzene rings is 1. The lowest BCUT2D eigenvalue weighted by molar-refractivity contribution is -0.141. The fourth-order valence-corrected chi connectivity index (χ4v) is 4.11. The maximum atomic E-state index is 12.8. The maximum absolute atomic E-state index is 12.8. The summed E-state index contributed by atoms with van der Waals surface area (Å²) in [5.41, 5.74) is 0.806. The van der Waals surface area contributed by atoms with E-state index in [-0.39, 0.29) is 42.6 Å². The van der Waals surface area contributed by atoms with E-state index in [1.165, 1.54) is 0 Å². The Morgan fingerprint density at radius 2 is 2.04 bits per heavy atom. The van der Waals surface area contributed by atoms with Crippen molar-refractivity contribution in [3.8, 4) is 0 Å². The highest BCUT2D eigenvalue weighted by Gasteiger charge is 2.32. The molecule has 2 fully saturated rings. The lowest BCUT2D eigenvalue weighted by Crippen LogP contribution is -2.52. The van der Waals surface area contributed by atoms with Gasteiger partial charge in [-0.3, -0.25) is 14.4 Å². The van der Waals surface area contributed by atoms with Crippen molar-refractivity contribution in [2.24, 2.45) is 5.92 Å². The molecule has 0 spiro atoms. The number of nitrogens with zero attached hydrogens (tertiary/aromatic N) is 2. The number of rotatable bonds is 4. The van der Waals surface area contributed by atoms with Gasteiger partial charge in [0.1, 0.15) is 0 Å². The number of amides is 3. The van der Waals surface area contributed by atoms with Crippen LogP contribution in [0.5, 0.6) is 0 Å². The molecule has 2 heterocycles. The van der Waals surface area contributed by atoms with Crippen LogP contribution in [0.15, 0.2) is 24.3 Å². The average molecular weight is 407 g/mol. The van der Waals surface area contributed by atoms with Gasteiger partial charge in [-0.2, -0.15) is 0 Å². The van der Waals surface area contributed by atoms with Crippen molar-refractivity contribution in [1.29, 1.82) is 0 Å². The van der Waals surface area contributed by atoms with E-state index in [0.29, 0.717) is 37.6 Å². The van der Waals surface area contributed by atoms with Crippen LogP contribution >= 0.6 is 11.6 Å². The second-order valence-electron chi connectivity index (χ2n) is 7.64. The summed E-state index contributed by atoms with van der Waals surface area (Å²) in [7, 11) is 1.96. The fraction of sp³-hybridized carbons (Fsp3) is 0.550. The minimum Gasteiger partial charge on any atom is -0.353 e. The molecule has 2 atom stereocenters. The third kappa shape index (κ3) is 5.45. The molecule has 0 aromatic heterocycles. The van der Waals surface area contributed by atoms with E-state index < -0.39 is 0 Å². The first-order valence-electron chi connectivity index (χ1n) is 9.69. The van der Waals surface area contributed by atoms with Gasteiger partial charge in [0, 0.05) is 37.2 Å². The molecular formula is C20H27ClN4O3. The number of carbonyl (C=O) groups is 3. The molecule has 0 aliphatic carbocycles. The minimum atomic E-state index is -0.152. The summed E-state index contributed by atoms with van der Waals surface area (Å²) in [6, 6.07) is 7.33. The molecule has 152 valence electrons. The van der Waals surface area contributed by atoms with E-state index in [1.54, 1.807) is 11.0 Å². The lowest BCUT2D eigenvalue weighted by atomic mass is 9.99. The number of hydrogen-bond donors (Lipinski definition) is 2. The van der Waals surface area contributed by atoms with Gasteiger partial charge in [-0.1, -0.05) is 29.8 Å².